The van der Waals surface area contributed by atoms with Gasteiger partial charge in [0.25, 0.3) is 5.91 Å². The summed E-state index contributed by atoms with van der Waals surface area (Å²) < 4.78 is 0. The fourth-order valence-electron chi connectivity index (χ4n) is 2.55. The average Bonchev–Trinajstić information content (AvgIpc) is 2.41. The van der Waals surface area contributed by atoms with Gasteiger partial charge in [-0.3, -0.25) is 4.79 Å². The molecule has 1 aliphatic rings. The van der Waals surface area contributed by atoms with Crippen LogP contribution in [0.3, 0.4) is 0 Å². The van der Waals surface area contributed by atoms with Crippen LogP contribution < -0.4 is 11.1 Å². The molecule has 0 unspecified atom stereocenters. The van der Waals surface area contributed by atoms with Crippen molar-refractivity contribution in [1.29, 1.82) is 0 Å². The van der Waals surface area contributed by atoms with Gasteiger partial charge >= 0.3 is 0 Å². The quantitative estimate of drug-likeness (QED) is 0.878. The molecule has 1 fully saturated rings. The van der Waals surface area contributed by atoms with Gasteiger partial charge in [-0.05, 0) is 49.3 Å². The van der Waals surface area contributed by atoms with Crippen LogP contribution in [0, 0.1) is 0 Å². The van der Waals surface area contributed by atoms with Crippen LogP contribution in [0.15, 0.2) is 24.3 Å². The molecule has 0 atom stereocenters. The Balaban J connectivity index is 1.92. The summed E-state index contributed by atoms with van der Waals surface area (Å²) in [5.74, 6) is 0.535. The van der Waals surface area contributed by atoms with Gasteiger partial charge in [0, 0.05) is 17.6 Å². The van der Waals surface area contributed by atoms with E-state index < -0.39 is 0 Å². The topological polar surface area (TPSA) is 55.1 Å². The number of hydrogen-bond acceptors (Lipinski definition) is 2. The molecule has 1 saturated carbocycles. The second-order valence-corrected chi connectivity index (χ2v) is 5.86. The lowest BCUT2D eigenvalue weighted by Gasteiger charge is -2.26. The minimum absolute atomic E-state index is 0.0378. The Labute approximate surface area is 115 Å². The van der Waals surface area contributed by atoms with Crippen molar-refractivity contribution in [3.8, 4) is 0 Å². The Morgan fingerprint density at radius 1 is 1.16 bits per heavy atom. The van der Waals surface area contributed by atoms with Gasteiger partial charge in [0.2, 0.25) is 0 Å². The molecule has 104 valence electrons. The Kier molecular flexibility index (Phi) is 4.59. The van der Waals surface area contributed by atoms with E-state index in [2.05, 4.69) is 19.2 Å². The summed E-state index contributed by atoms with van der Waals surface area (Å²) in [5, 5.41) is 3.11. The lowest BCUT2D eigenvalue weighted by molar-refractivity contribution is 0.0926. The molecule has 3 nitrogen and oxygen atoms in total. The number of nitrogens with one attached hydrogen (secondary N) is 1. The standard InChI is InChI=1S/C16H24N2O/c1-11(2)12-3-5-13(6-4-12)16(19)18-15-9-7-14(17)8-10-15/h3-6,11,14-15H,7-10,17H2,1-2H3,(H,18,19). The van der Waals surface area contributed by atoms with E-state index in [0.717, 1.165) is 31.2 Å². The van der Waals surface area contributed by atoms with Crippen molar-refractivity contribution in [1.82, 2.24) is 5.32 Å². The van der Waals surface area contributed by atoms with Crippen LogP contribution >= 0.6 is 0 Å². The predicted molar refractivity (Wildman–Crippen MR) is 78.2 cm³/mol. The highest BCUT2D eigenvalue weighted by Crippen LogP contribution is 2.18. The largest absolute Gasteiger partial charge is 0.349 e. The number of benzene rings is 1. The van der Waals surface area contributed by atoms with Crippen molar-refractivity contribution in [3.05, 3.63) is 35.4 Å². The van der Waals surface area contributed by atoms with Crippen molar-refractivity contribution in [3.63, 3.8) is 0 Å². The predicted octanol–water partition coefficient (Wildman–Crippen LogP) is 2.81. The van der Waals surface area contributed by atoms with Gasteiger partial charge < -0.3 is 11.1 Å². The molecule has 2 rings (SSSR count). The van der Waals surface area contributed by atoms with Crippen molar-refractivity contribution < 1.29 is 4.79 Å². The maximum atomic E-state index is 12.1. The normalized spacial score (nSPS) is 23.4. The van der Waals surface area contributed by atoms with Crippen LogP contribution in [0.5, 0.6) is 0 Å². The zero-order chi connectivity index (χ0) is 13.8. The summed E-state index contributed by atoms with van der Waals surface area (Å²) in [6.07, 6.45) is 4.02. The summed E-state index contributed by atoms with van der Waals surface area (Å²) in [6, 6.07) is 8.51. The van der Waals surface area contributed by atoms with E-state index in [9.17, 15) is 4.79 Å². The average molecular weight is 260 g/mol. The fourth-order valence-corrected chi connectivity index (χ4v) is 2.55. The highest BCUT2D eigenvalue weighted by atomic mass is 16.1. The Bertz CT molecular complexity index is 417. The minimum atomic E-state index is 0.0378. The number of carbonyl (C=O) groups is 1. The van der Waals surface area contributed by atoms with Gasteiger partial charge in [0.1, 0.15) is 0 Å². The maximum absolute atomic E-state index is 12.1. The maximum Gasteiger partial charge on any atom is 0.251 e. The van der Waals surface area contributed by atoms with Crippen LogP contribution in [0.1, 0.15) is 61.4 Å². The number of rotatable bonds is 3. The molecule has 19 heavy (non-hydrogen) atoms. The molecular weight excluding hydrogens is 236 g/mol. The summed E-state index contributed by atoms with van der Waals surface area (Å²) in [6.45, 7) is 4.31. The monoisotopic (exact) mass is 260 g/mol. The number of carbonyl (C=O) groups excluding carboxylic acids is 1. The van der Waals surface area contributed by atoms with Gasteiger partial charge in [0.05, 0.1) is 0 Å². The molecule has 0 aliphatic heterocycles. The molecule has 0 bridgehead atoms. The van der Waals surface area contributed by atoms with E-state index in [1.165, 1.54) is 5.56 Å². The number of hydrogen-bond donors (Lipinski definition) is 2. The van der Waals surface area contributed by atoms with Crippen molar-refractivity contribution in [2.45, 2.75) is 57.5 Å². The van der Waals surface area contributed by atoms with E-state index in [4.69, 9.17) is 5.73 Å². The van der Waals surface area contributed by atoms with Gasteiger partial charge in [-0.15, -0.1) is 0 Å². The van der Waals surface area contributed by atoms with Crippen LogP contribution in [-0.4, -0.2) is 18.0 Å². The molecule has 0 spiro atoms. The highest BCUT2D eigenvalue weighted by Gasteiger charge is 2.20. The van der Waals surface area contributed by atoms with Gasteiger partial charge in [-0.2, -0.15) is 0 Å². The first kappa shape index (κ1) is 14.1. The second-order valence-electron chi connectivity index (χ2n) is 5.86. The molecule has 1 aromatic carbocycles. The molecule has 1 amide bonds. The zero-order valence-corrected chi connectivity index (χ0v) is 11.9. The summed E-state index contributed by atoms with van der Waals surface area (Å²) in [4.78, 5) is 12.1. The molecule has 3 heteroatoms. The first-order valence-electron chi connectivity index (χ1n) is 7.22. The van der Waals surface area contributed by atoms with Crippen molar-refractivity contribution >= 4 is 5.91 Å². The van der Waals surface area contributed by atoms with E-state index in [0.29, 0.717) is 12.0 Å². The number of amides is 1. The summed E-state index contributed by atoms with van der Waals surface area (Å²) in [5.41, 5.74) is 7.88. The third-order valence-corrected chi connectivity index (χ3v) is 3.95. The summed E-state index contributed by atoms with van der Waals surface area (Å²) >= 11 is 0. The Morgan fingerprint density at radius 2 is 1.74 bits per heavy atom. The van der Waals surface area contributed by atoms with E-state index >= 15 is 0 Å². The zero-order valence-electron chi connectivity index (χ0n) is 11.9. The first-order valence-corrected chi connectivity index (χ1v) is 7.22. The first-order chi connectivity index (χ1) is 9.06. The molecule has 0 aromatic heterocycles. The molecule has 1 aliphatic carbocycles. The van der Waals surface area contributed by atoms with Crippen LogP contribution in [0.4, 0.5) is 0 Å². The molecule has 0 heterocycles. The smallest absolute Gasteiger partial charge is 0.251 e. The molecule has 0 radical (unpaired) electrons. The number of nitrogens with two attached hydrogens (primary N) is 1. The van der Waals surface area contributed by atoms with Crippen molar-refractivity contribution in [2.24, 2.45) is 5.73 Å². The molecule has 3 N–H and O–H groups in total. The van der Waals surface area contributed by atoms with Gasteiger partial charge in [-0.1, -0.05) is 26.0 Å². The van der Waals surface area contributed by atoms with Gasteiger partial charge in [0.15, 0.2) is 0 Å². The third-order valence-electron chi connectivity index (χ3n) is 3.95. The van der Waals surface area contributed by atoms with Crippen LogP contribution in [0.25, 0.3) is 0 Å². The highest BCUT2D eigenvalue weighted by molar-refractivity contribution is 5.94. The SMILES string of the molecule is CC(C)c1ccc(C(=O)NC2CCC(N)CC2)cc1. The van der Waals surface area contributed by atoms with E-state index in [-0.39, 0.29) is 11.9 Å². The minimum Gasteiger partial charge on any atom is -0.349 e. The van der Waals surface area contributed by atoms with E-state index in [1.807, 2.05) is 24.3 Å². The van der Waals surface area contributed by atoms with E-state index in [1.54, 1.807) is 0 Å². The fraction of sp³-hybridized carbons (Fsp3) is 0.562. The lowest BCUT2D eigenvalue weighted by Crippen LogP contribution is -2.40. The molecule has 1 aromatic rings. The second kappa shape index (κ2) is 6.20. The third kappa shape index (κ3) is 3.80. The Morgan fingerprint density at radius 3 is 2.26 bits per heavy atom. The Hall–Kier alpha value is -1.35. The van der Waals surface area contributed by atoms with Crippen LogP contribution in [-0.2, 0) is 0 Å². The molecular formula is C16H24N2O. The lowest BCUT2D eigenvalue weighted by atomic mass is 9.91. The van der Waals surface area contributed by atoms with Crippen molar-refractivity contribution in [2.75, 3.05) is 0 Å². The van der Waals surface area contributed by atoms with Gasteiger partial charge in [-0.25, -0.2) is 0 Å². The summed E-state index contributed by atoms with van der Waals surface area (Å²) in [7, 11) is 0. The molecule has 0 saturated heterocycles. The van der Waals surface area contributed by atoms with Crippen LogP contribution in [0.2, 0.25) is 0 Å².